The number of hydrogen-bond acceptors (Lipinski definition) is 7. The second kappa shape index (κ2) is 8.64. The molecular weight excluding hydrogens is 366 g/mol. The first-order valence-corrected chi connectivity index (χ1v) is 9.62. The van der Waals surface area contributed by atoms with Crippen molar-refractivity contribution in [1.29, 1.82) is 0 Å². The minimum Gasteiger partial charge on any atom is -0.360 e. The fraction of sp³-hybridized carbons (Fsp3) is 0.286. The van der Waals surface area contributed by atoms with E-state index in [9.17, 15) is 0 Å². The van der Waals surface area contributed by atoms with Crippen LogP contribution < -0.4 is 5.32 Å². The summed E-state index contributed by atoms with van der Waals surface area (Å²) in [6, 6.07) is 14.2. The van der Waals surface area contributed by atoms with Gasteiger partial charge in [0.1, 0.15) is 12.1 Å². The van der Waals surface area contributed by atoms with E-state index in [0.717, 1.165) is 36.5 Å². The number of aryl methyl sites for hydroxylation is 3. The predicted molar refractivity (Wildman–Crippen MR) is 109 cm³/mol. The Balaban J connectivity index is 1.34. The molecule has 148 valence electrons. The quantitative estimate of drug-likeness (QED) is 0.492. The van der Waals surface area contributed by atoms with Crippen molar-refractivity contribution in [1.82, 2.24) is 29.9 Å². The van der Waals surface area contributed by atoms with E-state index >= 15 is 0 Å². The van der Waals surface area contributed by atoms with E-state index in [4.69, 9.17) is 4.52 Å². The van der Waals surface area contributed by atoms with Gasteiger partial charge in [-0.1, -0.05) is 35.5 Å². The smallest absolute Gasteiger partial charge is 0.259 e. The Labute approximate surface area is 169 Å². The highest BCUT2D eigenvalue weighted by molar-refractivity contribution is 5.54. The summed E-state index contributed by atoms with van der Waals surface area (Å²) in [5, 5.41) is 15.4. The van der Waals surface area contributed by atoms with E-state index in [-0.39, 0.29) is 6.04 Å². The van der Waals surface area contributed by atoms with Crippen molar-refractivity contribution in [2.75, 3.05) is 5.32 Å². The summed E-state index contributed by atoms with van der Waals surface area (Å²) in [4.78, 5) is 8.94. The minimum absolute atomic E-state index is 0.0135. The lowest BCUT2D eigenvalue weighted by atomic mass is 10.1. The number of nitrogens with zero attached hydrogens (tertiary/aromatic N) is 6. The molecule has 0 saturated carbocycles. The lowest BCUT2D eigenvalue weighted by Gasteiger charge is -2.13. The van der Waals surface area contributed by atoms with E-state index in [0.29, 0.717) is 11.7 Å². The van der Waals surface area contributed by atoms with Crippen LogP contribution in [-0.2, 0) is 19.9 Å². The van der Waals surface area contributed by atoms with Gasteiger partial charge in [-0.15, -0.1) is 10.2 Å². The van der Waals surface area contributed by atoms with E-state index in [1.807, 2.05) is 36.7 Å². The number of nitrogens with one attached hydrogen (secondary N) is 1. The molecule has 4 rings (SSSR count). The highest BCUT2D eigenvalue weighted by Gasteiger charge is 2.13. The van der Waals surface area contributed by atoms with Crippen molar-refractivity contribution in [2.45, 2.75) is 32.2 Å². The molecule has 8 nitrogen and oxygen atoms in total. The van der Waals surface area contributed by atoms with Crippen LogP contribution in [0.3, 0.4) is 0 Å². The van der Waals surface area contributed by atoms with Gasteiger partial charge in [0.15, 0.2) is 11.6 Å². The van der Waals surface area contributed by atoms with Crippen molar-refractivity contribution in [3.63, 3.8) is 0 Å². The summed E-state index contributed by atoms with van der Waals surface area (Å²) in [6.07, 6.45) is 6.16. The van der Waals surface area contributed by atoms with Gasteiger partial charge in [-0.25, -0.2) is 4.98 Å². The van der Waals surface area contributed by atoms with Crippen molar-refractivity contribution >= 4 is 5.82 Å². The molecule has 3 heterocycles. The van der Waals surface area contributed by atoms with Gasteiger partial charge in [0.25, 0.3) is 5.89 Å². The molecule has 1 N–H and O–H groups in total. The van der Waals surface area contributed by atoms with E-state index in [2.05, 4.69) is 54.9 Å². The molecule has 0 unspecified atom stereocenters. The number of pyridine rings is 1. The molecule has 1 atom stereocenters. The fourth-order valence-corrected chi connectivity index (χ4v) is 3.14. The summed E-state index contributed by atoms with van der Waals surface area (Å²) >= 11 is 0. The second-order valence-corrected chi connectivity index (χ2v) is 6.95. The van der Waals surface area contributed by atoms with Crippen molar-refractivity contribution < 1.29 is 4.52 Å². The zero-order valence-electron chi connectivity index (χ0n) is 16.5. The first kappa shape index (κ1) is 18.8. The zero-order valence-corrected chi connectivity index (χ0v) is 16.5. The van der Waals surface area contributed by atoms with Crippen LogP contribution in [0.1, 0.15) is 36.6 Å². The average molecular weight is 389 g/mol. The molecular formula is C21H23N7O. The normalized spacial score (nSPS) is 12.1. The lowest BCUT2D eigenvalue weighted by molar-refractivity contribution is 0.421. The molecule has 0 spiro atoms. The molecule has 4 aromatic rings. The van der Waals surface area contributed by atoms with Gasteiger partial charge in [-0.05, 0) is 37.5 Å². The van der Waals surface area contributed by atoms with Crippen molar-refractivity contribution in [3.05, 3.63) is 72.2 Å². The largest absolute Gasteiger partial charge is 0.360 e. The van der Waals surface area contributed by atoms with Crippen molar-refractivity contribution in [2.24, 2.45) is 7.05 Å². The molecule has 0 fully saturated rings. The van der Waals surface area contributed by atoms with Crippen LogP contribution in [0.5, 0.6) is 0 Å². The molecule has 29 heavy (non-hydrogen) atoms. The summed E-state index contributed by atoms with van der Waals surface area (Å²) in [5.74, 6) is 2.79. The Kier molecular flexibility index (Phi) is 5.60. The van der Waals surface area contributed by atoms with Gasteiger partial charge in [0.2, 0.25) is 0 Å². The minimum atomic E-state index is -0.0135. The number of anilines is 1. The van der Waals surface area contributed by atoms with Crippen LogP contribution in [0.4, 0.5) is 5.82 Å². The second-order valence-electron chi connectivity index (χ2n) is 6.95. The van der Waals surface area contributed by atoms with Gasteiger partial charge < -0.3 is 14.4 Å². The third-order valence-electron chi connectivity index (χ3n) is 4.69. The van der Waals surface area contributed by atoms with E-state index in [1.54, 1.807) is 12.5 Å². The van der Waals surface area contributed by atoms with Gasteiger partial charge >= 0.3 is 0 Å². The van der Waals surface area contributed by atoms with Crippen LogP contribution in [0, 0.1) is 0 Å². The van der Waals surface area contributed by atoms with Crippen LogP contribution in [0.15, 0.2) is 59.5 Å². The highest BCUT2D eigenvalue weighted by Crippen LogP contribution is 2.20. The standard InChI is InChI=1S/C21H23N7O/c1-15(20-26-23-14-28(20)2)24-18-12-11-17(13-22-18)21-25-19(27-29-21)10-6-9-16-7-4-3-5-8-16/h3-5,7-8,11-15H,6,9-10H2,1-2H3,(H,22,24)/t15-/m0/s1. The number of aromatic nitrogens is 6. The Hall–Kier alpha value is -3.55. The van der Waals surface area contributed by atoms with Crippen LogP contribution >= 0.6 is 0 Å². The van der Waals surface area contributed by atoms with Crippen LogP contribution in [0.25, 0.3) is 11.5 Å². The lowest BCUT2D eigenvalue weighted by Crippen LogP contribution is -2.12. The Morgan fingerprint density at radius 2 is 1.97 bits per heavy atom. The van der Waals surface area contributed by atoms with Crippen LogP contribution in [0.2, 0.25) is 0 Å². The Bertz CT molecular complexity index is 1040. The number of hydrogen-bond donors (Lipinski definition) is 1. The molecule has 3 aromatic heterocycles. The third kappa shape index (κ3) is 4.66. The molecule has 0 aliphatic carbocycles. The van der Waals surface area contributed by atoms with Gasteiger partial charge in [-0.3, -0.25) is 0 Å². The third-order valence-corrected chi connectivity index (χ3v) is 4.69. The van der Waals surface area contributed by atoms with Gasteiger partial charge in [-0.2, -0.15) is 4.98 Å². The molecule has 0 saturated heterocycles. The number of rotatable bonds is 8. The molecule has 0 amide bonds. The maximum atomic E-state index is 5.41. The Morgan fingerprint density at radius 3 is 2.69 bits per heavy atom. The summed E-state index contributed by atoms with van der Waals surface area (Å²) in [7, 11) is 1.91. The molecule has 0 aliphatic rings. The topological polar surface area (TPSA) is 94.6 Å². The monoisotopic (exact) mass is 389 g/mol. The fourth-order valence-electron chi connectivity index (χ4n) is 3.14. The summed E-state index contributed by atoms with van der Waals surface area (Å²) in [5.41, 5.74) is 2.11. The average Bonchev–Trinajstić information content (AvgIpc) is 3.38. The molecule has 8 heteroatoms. The van der Waals surface area contributed by atoms with E-state index < -0.39 is 0 Å². The van der Waals surface area contributed by atoms with Crippen LogP contribution in [-0.4, -0.2) is 29.9 Å². The zero-order chi connectivity index (χ0) is 20.1. The molecule has 0 radical (unpaired) electrons. The predicted octanol–water partition coefficient (Wildman–Crippen LogP) is 3.61. The molecule has 0 aliphatic heterocycles. The van der Waals surface area contributed by atoms with Gasteiger partial charge in [0, 0.05) is 19.7 Å². The first-order valence-electron chi connectivity index (χ1n) is 9.62. The van der Waals surface area contributed by atoms with Crippen molar-refractivity contribution in [3.8, 4) is 11.5 Å². The summed E-state index contributed by atoms with van der Waals surface area (Å²) < 4.78 is 7.28. The maximum absolute atomic E-state index is 5.41. The SMILES string of the molecule is C[C@H](Nc1ccc(-c2nc(CCCc3ccccc3)no2)cn1)c1nncn1C. The first-order chi connectivity index (χ1) is 14.2. The number of benzene rings is 1. The Morgan fingerprint density at radius 1 is 1.10 bits per heavy atom. The molecule has 1 aromatic carbocycles. The summed E-state index contributed by atoms with van der Waals surface area (Å²) in [6.45, 7) is 2.01. The van der Waals surface area contributed by atoms with Gasteiger partial charge in [0.05, 0.1) is 11.6 Å². The molecule has 0 bridgehead atoms. The maximum Gasteiger partial charge on any atom is 0.259 e. The van der Waals surface area contributed by atoms with E-state index in [1.165, 1.54) is 5.56 Å². The highest BCUT2D eigenvalue weighted by atomic mass is 16.5.